The number of anilines is 1. The van der Waals surface area contributed by atoms with Crippen molar-refractivity contribution in [1.29, 1.82) is 0 Å². The fraction of sp³-hybridized carbons (Fsp3) is 0.222. The van der Waals surface area contributed by atoms with E-state index in [0.29, 0.717) is 29.7 Å². The highest BCUT2D eigenvalue weighted by Crippen LogP contribution is 2.33. The molecule has 0 radical (unpaired) electrons. The van der Waals surface area contributed by atoms with Gasteiger partial charge in [0.2, 0.25) is 17.6 Å². The highest BCUT2D eigenvalue weighted by molar-refractivity contribution is 6.31. The number of halogens is 1. The molecule has 4 rings (SSSR count). The van der Waals surface area contributed by atoms with Crippen LogP contribution in [-0.4, -0.2) is 27.6 Å². The minimum Gasteiger partial charge on any atom is -0.339 e. The predicted octanol–water partition coefficient (Wildman–Crippen LogP) is 3.61. The number of carbonyl (C=O) groups is 1. The summed E-state index contributed by atoms with van der Waals surface area (Å²) < 4.78 is 5.39. The van der Waals surface area contributed by atoms with Gasteiger partial charge in [-0.1, -0.05) is 22.8 Å². The number of amides is 1. The molecule has 0 spiro atoms. The first-order valence-electron chi connectivity index (χ1n) is 7.92. The van der Waals surface area contributed by atoms with Crippen molar-refractivity contribution in [2.45, 2.75) is 19.3 Å². The maximum absolute atomic E-state index is 12.4. The molecule has 25 heavy (non-hydrogen) atoms. The fourth-order valence-electron chi connectivity index (χ4n) is 2.89. The molecule has 1 fully saturated rings. The molecular weight excluding hydrogens is 340 g/mol. The van der Waals surface area contributed by atoms with Gasteiger partial charge in [-0.25, -0.2) is 0 Å². The summed E-state index contributed by atoms with van der Waals surface area (Å²) in [4.78, 5) is 22.6. The lowest BCUT2D eigenvalue weighted by molar-refractivity contribution is -0.117. The molecule has 1 aliphatic heterocycles. The van der Waals surface area contributed by atoms with Gasteiger partial charge in [0.15, 0.2) is 0 Å². The number of benzene rings is 1. The first kappa shape index (κ1) is 15.8. The average Bonchev–Trinajstić information content (AvgIpc) is 3.25. The SMILES string of the molecule is Cc1ccc(N2C[C@@H](c3nc(-c4ccncc4)no3)CC2=O)cc1Cl. The molecular formula is C18H15ClN4O2. The van der Waals surface area contributed by atoms with Crippen LogP contribution in [0.25, 0.3) is 11.4 Å². The molecule has 0 bridgehead atoms. The highest BCUT2D eigenvalue weighted by Gasteiger charge is 2.35. The van der Waals surface area contributed by atoms with Gasteiger partial charge in [0, 0.05) is 41.6 Å². The number of carbonyl (C=O) groups excluding carboxylic acids is 1. The zero-order chi connectivity index (χ0) is 17.4. The van der Waals surface area contributed by atoms with Crippen LogP contribution in [0.1, 0.15) is 23.8 Å². The van der Waals surface area contributed by atoms with Crippen LogP contribution in [0.3, 0.4) is 0 Å². The molecule has 1 atom stereocenters. The standard InChI is InChI=1S/C18H15ClN4O2/c1-11-2-3-14(9-15(11)19)23-10-13(8-16(23)24)18-21-17(22-25-18)12-4-6-20-7-5-12/h2-7,9,13H,8,10H2,1H3/t13-/m0/s1. The maximum Gasteiger partial charge on any atom is 0.232 e. The summed E-state index contributed by atoms with van der Waals surface area (Å²) >= 11 is 6.18. The van der Waals surface area contributed by atoms with Gasteiger partial charge in [0.05, 0.1) is 5.92 Å². The normalized spacial score (nSPS) is 17.3. The molecule has 0 unspecified atom stereocenters. The van der Waals surface area contributed by atoms with E-state index in [4.69, 9.17) is 16.1 Å². The Balaban J connectivity index is 1.56. The molecule has 7 heteroatoms. The third kappa shape index (κ3) is 3.00. The molecule has 0 aliphatic carbocycles. The van der Waals surface area contributed by atoms with Crippen molar-refractivity contribution in [2.24, 2.45) is 0 Å². The van der Waals surface area contributed by atoms with E-state index in [2.05, 4.69) is 15.1 Å². The first-order valence-corrected chi connectivity index (χ1v) is 8.30. The Morgan fingerprint density at radius 3 is 2.80 bits per heavy atom. The number of aromatic nitrogens is 3. The second kappa shape index (κ2) is 6.29. The van der Waals surface area contributed by atoms with Crippen LogP contribution in [0.5, 0.6) is 0 Å². The van der Waals surface area contributed by atoms with E-state index >= 15 is 0 Å². The number of nitrogens with zero attached hydrogens (tertiary/aromatic N) is 4. The van der Waals surface area contributed by atoms with Gasteiger partial charge in [0.25, 0.3) is 0 Å². The largest absolute Gasteiger partial charge is 0.339 e. The molecule has 3 heterocycles. The summed E-state index contributed by atoms with van der Waals surface area (Å²) in [6, 6.07) is 9.25. The molecule has 2 aromatic heterocycles. The summed E-state index contributed by atoms with van der Waals surface area (Å²) in [7, 11) is 0. The molecule has 0 N–H and O–H groups in total. The van der Waals surface area contributed by atoms with E-state index in [-0.39, 0.29) is 11.8 Å². The summed E-state index contributed by atoms with van der Waals surface area (Å²) in [5.74, 6) is 0.867. The zero-order valence-electron chi connectivity index (χ0n) is 13.5. The average molecular weight is 355 g/mol. The van der Waals surface area contributed by atoms with Crippen molar-refractivity contribution in [3.8, 4) is 11.4 Å². The lowest BCUT2D eigenvalue weighted by Crippen LogP contribution is -2.24. The van der Waals surface area contributed by atoms with E-state index in [1.807, 2.05) is 37.3 Å². The maximum atomic E-state index is 12.4. The van der Waals surface area contributed by atoms with Gasteiger partial charge in [-0.05, 0) is 36.8 Å². The topological polar surface area (TPSA) is 72.1 Å². The van der Waals surface area contributed by atoms with Gasteiger partial charge >= 0.3 is 0 Å². The van der Waals surface area contributed by atoms with Crippen LogP contribution in [0.15, 0.2) is 47.2 Å². The number of rotatable bonds is 3. The summed E-state index contributed by atoms with van der Waals surface area (Å²) in [5.41, 5.74) is 2.60. The number of aryl methyl sites for hydroxylation is 1. The van der Waals surface area contributed by atoms with Crippen molar-refractivity contribution >= 4 is 23.2 Å². The molecule has 6 nitrogen and oxygen atoms in total. The summed E-state index contributed by atoms with van der Waals surface area (Å²) in [6.45, 7) is 2.43. The smallest absolute Gasteiger partial charge is 0.232 e. The van der Waals surface area contributed by atoms with Crippen molar-refractivity contribution < 1.29 is 9.32 Å². The first-order chi connectivity index (χ1) is 12.1. The van der Waals surface area contributed by atoms with Crippen molar-refractivity contribution in [2.75, 3.05) is 11.4 Å². The van der Waals surface area contributed by atoms with Crippen LogP contribution in [0.2, 0.25) is 5.02 Å². The number of pyridine rings is 1. The van der Waals surface area contributed by atoms with Crippen LogP contribution >= 0.6 is 11.6 Å². The van der Waals surface area contributed by atoms with Crippen LogP contribution in [0, 0.1) is 6.92 Å². The van der Waals surface area contributed by atoms with E-state index in [1.165, 1.54) is 0 Å². The third-order valence-electron chi connectivity index (χ3n) is 4.32. The zero-order valence-corrected chi connectivity index (χ0v) is 14.3. The quantitative estimate of drug-likeness (QED) is 0.718. The Hall–Kier alpha value is -2.73. The minimum atomic E-state index is -0.129. The molecule has 1 aromatic carbocycles. The third-order valence-corrected chi connectivity index (χ3v) is 4.73. The van der Waals surface area contributed by atoms with Gasteiger partial charge in [-0.15, -0.1) is 0 Å². The Bertz CT molecular complexity index is 926. The predicted molar refractivity (Wildman–Crippen MR) is 93.4 cm³/mol. The van der Waals surface area contributed by atoms with E-state index in [1.54, 1.807) is 17.3 Å². The highest BCUT2D eigenvalue weighted by atomic mass is 35.5. The van der Waals surface area contributed by atoms with Crippen LogP contribution in [-0.2, 0) is 4.79 Å². The van der Waals surface area contributed by atoms with Crippen molar-refractivity contribution in [3.05, 3.63) is 59.2 Å². The molecule has 1 saturated heterocycles. The molecule has 0 saturated carbocycles. The second-order valence-corrected chi connectivity index (χ2v) is 6.44. The van der Waals surface area contributed by atoms with Gasteiger partial charge in [-0.3, -0.25) is 9.78 Å². The van der Waals surface area contributed by atoms with E-state index < -0.39 is 0 Å². The number of hydrogen-bond donors (Lipinski definition) is 0. The van der Waals surface area contributed by atoms with Gasteiger partial charge in [0.1, 0.15) is 0 Å². The molecule has 1 amide bonds. The van der Waals surface area contributed by atoms with E-state index in [9.17, 15) is 4.79 Å². The Morgan fingerprint density at radius 1 is 1.24 bits per heavy atom. The summed E-state index contributed by atoms with van der Waals surface area (Å²) in [6.07, 6.45) is 3.68. The summed E-state index contributed by atoms with van der Waals surface area (Å²) in [5, 5.41) is 4.66. The Morgan fingerprint density at radius 2 is 2.04 bits per heavy atom. The van der Waals surface area contributed by atoms with Gasteiger partial charge in [-0.2, -0.15) is 4.98 Å². The van der Waals surface area contributed by atoms with E-state index in [0.717, 1.165) is 16.8 Å². The Kier molecular flexibility index (Phi) is 3.97. The number of hydrogen-bond acceptors (Lipinski definition) is 5. The molecule has 1 aliphatic rings. The molecule has 126 valence electrons. The second-order valence-electron chi connectivity index (χ2n) is 6.03. The van der Waals surface area contributed by atoms with Crippen molar-refractivity contribution in [3.63, 3.8) is 0 Å². The van der Waals surface area contributed by atoms with Crippen LogP contribution in [0.4, 0.5) is 5.69 Å². The Labute approximate surface area is 149 Å². The minimum absolute atomic E-state index is 0.0218. The van der Waals surface area contributed by atoms with Crippen LogP contribution < -0.4 is 4.90 Å². The van der Waals surface area contributed by atoms with Crippen molar-refractivity contribution in [1.82, 2.24) is 15.1 Å². The lowest BCUT2D eigenvalue weighted by atomic mass is 10.1. The lowest BCUT2D eigenvalue weighted by Gasteiger charge is -2.17. The fourth-order valence-corrected chi connectivity index (χ4v) is 3.07. The van der Waals surface area contributed by atoms with Gasteiger partial charge < -0.3 is 9.42 Å². The monoisotopic (exact) mass is 354 g/mol. The molecule has 3 aromatic rings.